The topological polar surface area (TPSA) is 59.1 Å². The molecule has 0 saturated carbocycles. The largest absolute Gasteiger partial charge is 0.398 e. The van der Waals surface area contributed by atoms with Gasteiger partial charge in [-0.1, -0.05) is 6.92 Å². The zero-order valence-corrected chi connectivity index (χ0v) is 11.0. The van der Waals surface area contributed by atoms with Gasteiger partial charge < -0.3 is 10.8 Å². The van der Waals surface area contributed by atoms with Gasteiger partial charge in [0.2, 0.25) is 0 Å². The van der Waals surface area contributed by atoms with E-state index in [-0.39, 0.29) is 6.61 Å². The Kier molecular flexibility index (Phi) is 5.09. The van der Waals surface area contributed by atoms with E-state index in [1.807, 2.05) is 27.0 Å². The van der Waals surface area contributed by atoms with E-state index in [0.29, 0.717) is 5.92 Å². The minimum atomic E-state index is 0.245. The molecule has 16 heavy (non-hydrogen) atoms. The van der Waals surface area contributed by atoms with Gasteiger partial charge in [0.15, 0.2) is 0 Å². The van der Waals surface area contributed by atoms with E-state index in [0.717, 1.165) is 34.0 Å². The fraction of sp³-hybridized carbons (Fsp3) is 0.583. The monoisotopic (exact) mass is 240 g/mol. The van der Waals surface area contributed by atoms with Gasteiger partial charge in [0.05, 0.1) is 5.69 Å². The third-order valence-corrected chi connectivity index (χ3v) is 3.91. The molecule has 0 saturated heterocycles. The van der Waals surface area contributed by atoms with Gasteiger partial charge in [0, 0.05) is 24.2 Å². The van der Waals surface area contributed by atoms with E-state index < -0.39 is 0 Å². The Labute approximate surface area is 101 Å². The normalized spacial score (nSPS) is 12.8. The summed E-state index contributed by atoms with van der Waals surface area (Å²) in [5, 5.41) is 8.92. The summed E-state index contributed by atoms with van der Waals surface area (Å²) in [6.07, 6.45) is 1.83. The Hall–Kier alpha value is -0.740. The molecule has 1 atom stereocenters. The molecule has 0 aliphatic carbocycles. The molecule has 1 rings (SSSR count). The van der Waals surface area contributed by atoms with E-state index in [4.69, 9.17) is 10.8 Å². The fourth-order valence-electron chi connectivity index (χ4n) is 1.35. The van der Waals surface area contributed by atoms with Crippen molar-refractivity contribution in [2.75, 3.05) is 18.1 Å². The van der Waals surface area contributed by atoms with Gasteiger partial charge in [0.25, 0.3) is 0 Å². The van der Waals surface area contributed by atoms with Crippen LogP contribution in [0.5, 0.6) is 0 Å². The summed E-state index contributed by atoms with van der Waals surface area (Å²) >= 11 is 1.79. The number of pyridine rings is 1. The van der Waals surface area contributed by atoms with Crippen LogP contribution in [0, 0.1) is 19.8 Å². The number of anilines is 1. The first-order valence-corrected chi connectivity index (χ1v) is 6.60. The summed E-state index contributed by atoms with van der Waals surface area (Å²) in [7, 11) is 0. The number of nitrogens with two attached hydrogens (primary N) is 1. The molecule has 0 aliphatic rings. The molecule has 0 aromatic carbocycles. The maximum atomic E-state index is 8.92. The molecule has 0 spiro atoms. The molecule has 1 unspecified atom stereocenters. The molecule has 3 N–H and O–H groups in total. The smallest absolute Gasteiger partial charge is 0.0552 e. The number of hydrogen-bond acceptors (Lipinski definition) is 4. The number of nitrogen functional groups attached to an aromatic ring is 1. The lowest BCUT2D eigenvalue weighted by Gasteiger charge is -2.11. The molecule has 1 aromatic rings. The number of rotatable bonds is 5. The van der Waals surface area contributed by atoms with Crippen molar-refractivity contribution in [1.29, 1.82) is 0 Å². The number of aliphatic hydroxyl groups is 1. The highest BCUT2D eigenvalue weighted by atomic mass is 32.2. The van der Waals surface area contributed by atoms with E-state index in [1.165, 1.54) is 0 Å². The average molecular weight is 240 g/mol. The van der Waals surface area contributed by atoms with Gasteiger partial charge in [-0.05, 0) is 36.6 Å². The fourth-order valence-corrected chi connectivity index (χ4v) is 2.46. The molecule has 3 nitrogen and oxygen atoms in total. The van der Waals surface area contributed by atoms with Gasteiger partial charge in [-0.3, -0.25) is 4.98 Å². The molecule has 1 heterocycles. The Morgan fingerprint density at radius 1 is 1.50 bits per heavy atom. The van der Waals surface area contributed by atoms with E-state index in [2.05, 4.69) is 4.98 Å². The number of thioether (sulfide) groups is 1. The number of aromatic nitrogens is 1. The maximum Gasteiger partial charge on any atom is 0.0552 e. The van der Waals surface area contributed by atoms with E-state index in [9.17, 15) is 0 Å². The van der Waals surface area contributed by atoms with Gasteiger partial charge in [-0.2, -0.15) is 11.8 Å². The predicted molar refractivity (Wildman–Crippen MR) is 70.5 cm³/mol. The third-order valence-electron chi connectivity index (χ3n) is 2.63. The highest BCUT2D eigenvalue weighted by molar-refractivity contribution is 7.98. The Morgan fingerprint density at radius 3 is 2.81 bits per heavy atom. The molecule has 0 amide bonds. The first-order valence-electron chi connectivity index (χ1n) is 5.45. The van der Waals surface area contributed by atoms with Gasteiger partial charge in [-0.15, -0.1) is 0 Å². The van der Waals surface area contributed by atoms with Crippen molar-refractivity contribution in [2.24, 2.45) is 5.92 Å². The van der Waals surface area contributed by atoms with Crippen LogP contribution in [0.4, 0.5) is 5.69 Å². The summed E-state index contributed by atoms with van der Waals surface area (Å²) in [5.74, 6) is 2.15. The molecule has 0 bridgehead atoms. The van der Waals surface area contributed by atoms with Crippen LogP contribution >= 0.6 is 11.8 Å². The van der Waals surface area contributed by atoms with Crippen LogP contribution in [0.2, 0.25) is 0 Å². The first-order chi connectivity index (χ1) is 7.56. The summed E-state index contributed by atoms with van der Waals surface area (Å²) < 4.78 is 0. The SMILES string of the molecule is Cc1cnc(CSCC(C)CO)c(C)c1N. The lowest BCUT2D eigenvalue weighted by atomic mass is 10.1. The zero-order chi connectivity index (χ0) is 12.1. The van der Waals surface area contributed by atoms with Crippen LogP contribution in [-0.4, -0.2) is 22.5 Å². The van der Waals surface area contributed by atoms with Crippen molar-refractivity contribution in [2.45, 2.75) is 26.5 Å². The summed E-state index contributed by atoms with van der Waals surface area (Å²) in [4.78, 5) is 4.40. The second kappa shape index (κ2) is 6.11. The second-order valence-corrected chi connectivity index (χ2v) is 5.26. The lowest BCUT2D eigenvalue weighted by molar-refractivity contribution is 0.250. The first kappa shape index (κ1) is 13.3. The minimum Gasteiger partial charge on any atom is -0.398 e. The van der Waals surface area contributed by atoms with Crippen LogP contribution < -0.4 is 5.73 Å². The Morgan fingerprint density at radius 2 is 2.19 bits per heavy atom. The Balaban J connectivity index is 2.58. The minimum absolute atomic E-state index is 0.245. The Bertz CT molecular complexity index is 355. The van der Waals surface area contributed by atoms with Gasteiger partial charge in [0.1, 0.15) is 0 Å². The van der Waals surface area contributed by atoms with Crippen molar-refractivity contribution in [3.05, 3.63) is 23.0 Å². The molecule has 4 heteroatoms. The number of aryl methyl sites for hydroxylation is 1. The van der Waals surface area contributed by atoms with Crippen molar-refractivity contribution in [1.82, 2.24) is 4.98 Å². The average Bonchev–Trinajstić information content (AvgIpc) is 2.29. The molecule has 0 radical (unpaired) electrons. The quantitative estimate of drug-likeness (QED) is 0.828. The van der Waals surface area contributed by atoms with E-state index in [1.54, 1.807) is 11.8 Å². The summed E-state index contributed by atoms with van der Waals surface area (Å²) in [6, 6.07) is 0. The van der Waals surface area contributed by atoms with E-state index >= 15 is 0 Å². The second-order valence-electron chi connectivity index (χ2n) is 4.23. The lowest BCUT2D eigenvalue weighted by Crippen LogP contribution is -2.05. The molecule has 0 fully saturated rings. The molecule has 90 valence electrons. The zero-order valence-electron chi connectivity index (χ0n) is 10.2. The molecular weight excluding hydrogens is 220 g/mol. The highest BCUT2D eigenvalue weighted by Crippen LogP contribution is 2.22. The standard InChI is InChI=1S/C12H20N2OS/c1-8(5-15)6-16-7-11-10(3)12(13)9(2)4-14-11/h4,8,15H,5-7H2,1-3H3,(H2,13,14). The molecular formula is C12H20N2OS. The van der Waals surface area contributed by atoms with Crippen LogP contribution in [0.25, 0.3) is 0 Å². The van der Waals surface area contributed by atoms with Gasteiger partial charge in [-0.25, -0.2) is 0 Å². The molecule has 1 aromatic heterocycles. The summed E-state index contributed by atoms with van der Waals surface area (Å²) in [6.45, 7) is 6.27. The highest BCUT2D eigenvalue weighted by Gasteiger charge is 2.07. The number of hydrogen-bond donors (Lipinski definition) is 2. The van der Waals surface area contributed by atoms with Gasteiger partial charge >= 0.3 is 0 Å². The van der Waals surface area contributed by atoms with Crippen LogP contribution in [0.15, 0.2) is 6.20 Å². The van der Waals surface area contributed by atoms with Crippen molar-refractivity contribution < 1.29 is 5.11 Å². The van der Waals surface area contributed by atoms with Crippen molar-refractivity contribution >= 4 is 17.4 Å². The summed E-state index contributed by atoms with van der Waals surface area (Å²) in [5.41, 5.74) is 9.98. The van der Waals surface area contributed by atoms with Crippen LogP contribution in [0.1, 0.15) is 23.7 Å². The van der Waals surface area contributed by atoms with Crippen molar-refractivity contribution in [3.63, 3.8) is 0 Å². The van der Waals surface area contributed by atoms with Crippen LogP contribution in [-0.2, 0) is 5.75 Å². The predicted octanol–water partition coefficient (Wildman–Crippen LogP) is 2.14. The molecule has 0 aliphatic heterocycles. The van der Waals surface area contributed by atoms with Crippen LogP contribution in [0.3, 0.4) is 0 Å². The number of nitrogens with zero attached hydrogens (tertiary/aromatic N) is 1. The van der Waals surface area contributed by atoms with Crippen molar-refractivity contribution in [3.8, 4) is 0 Å². The third kappa shape index (κ3) is 3.39. The number of aliphatic hydroxyl groups excluding tert-OH is 1. The maximum absolute atomic E-state index is 8.92.